The van der Waals surface area contributed by atoms with Crippen molar-refractivity contribution >= 4 is 11.6 Å². The molecule has 23 heavy (non-hydrogen) atoms. The van der Waals surface area contributed by atoms with Crippen LogP contribution < -0.4 is 14.9 Å². The van der Waals surface area contributed by atoms with Crippen LogP contribution in [0.1, 0.15) is 19.4 Å². The summed E-state index contributed by atoms with van der Waals surface area (Å²) in [5.74, 6) is 0.787. The van der Waals surface area contributed by atoms with Crippen molar-refractivity contribution in [3.05, 3.63) is 54.4 Å². The molecule has 120 valence electrons. The number of hydrazone groups is 1. The van der Waals surface area contributed by atoms with Gasteiger partial charge in [-0.25, -0.2) is 5.43 Å². The van der Waals surface area contributed by atoms with Crippen molar-refractivity contribution in [3.8, 4) is 11.5 Å². The fourth-order valence-corrected chi connectivity index (χ4v) is 1.81. The third kappa shape index (κ3) is 5.10. The van der Waals surface area contributed by atoms with E-state index in [1.807, 2.05) is 31.2 Å². The van der Waals surface area contributed by atoms with E-state index >= 15 is 0 Å². The highest BCUT2D eigenvalue weighted by atomic mass is 16.5. The molecule has 2 rings (SSSR count). The van der Waals surface area contributed by atoms with Crippen LogP contribution in [0.2, 0.25) is 0 Å². The lowest BCUT2D eigenvalue weighted by Crippen LogP contribution is -2.25. The zero-order valence-corrected chi connectivity index (χ0v) is 13.2. The molecule has 6 heteroatoms. The number of nitrogens with zero attached hydrogens (tertiary/aromatic N) is 2. The maximum Gasteiger partial charge on any atom is 0.277 e. The van der Waals surface area contributed by atoms with Crippen LogP contribution in [-0.2, 0) is 4.79 Å². The van der Waals surface area contributed by atoms with Crippen molar-refractivity contribution in [1.82, 2.24) is 10.4 Å². The Kier molecular flexibility index (Phi) is 6.11. The van der Waals surface area contributed by atoms with Crippen molar-refractivity contribution in [2.75, 3.05) is 13.2 Å². The van der Waals surface area contributed by atoms with E-state index in [2.05, 4.69) is 15.5 Å². The number of aromatic nitrogens is 1. The number of para-hydroxylation sites is 2. The maximum absolute atomic E-state index is 11.8. The maximum atomic E-state index is 11.8. The zero-order valence-electron chi connectivity index (χ0n) is 13.2. The lowest BCUT2D eigenvalue weighted by Gasteiger charge is -2.10. The molecule has 1 heterocycles. The van der Waals surface area contributed by atoms with E-state index in [9.17, 15) is 4.79 Å². The Bertz CT molecular complexity index is 672. The molecular weight excluding hydrogens is 294 g/mol. The van der Waals surface area contributed by atoms with Crippen LogP contribution in [0.5, 0.6) is 11.5 Å². The average molecular weight is 313 g/mol. The zero-order chi connectivity index (χ0) is 16.5. The van der Waals surface area contributed by atoms with Crippen LogP contribution in [0.15, 0.2) is 53.9 Å². The number of carbonyl (C=O) groups excluding carboxylic acids is 1. The molecule has 0 unspecified atom stereocenters. The molecule has 0 fully saturated rings. The number of amides is 1. The number of nitrogens with one attached hydrogen (secondary N) is 1. The van der Waals surface area contributed by atoms with Gasteiger partial charge in [-0.05, 0) is 32.0 Å². The average Bonchev–Trinajstić information content (AvgIpc) is 2.60. The number of pyridine rings is 1. The Balaban J connectivity index is 1.88. The Morgan fingerprint density at radius 3 is 2.57 bits per heavy atom. The largest absolute Gasteiger partial charge is 0.490 e. The highest BCUT2D eigenvalue weighted by molar-refractivity contribution is 5.98. The van der Waals surface area contributed by atoms with Crippen LogP contribution in [0.3, 0.4) is 0 Å². The second-order valence-corrected chi connectivity index (χ2v) is 4.64. The van der Waals surface area contributed by atoms with Crippen molar-refractivity contribution in [2.45, 2.75) is 13.8 Å². The second kappa shape index (κ2) is 8.53. The Morgan fingerprint density at radius 2 is 1.91 bits per heavy atom. The predicted molar refractivity (Wildman–Crippen MR) is 87.7 cm³/mol. The lowest BCUT2D eigenvalue weighted by molar-refractivity contribution is -0.123. The number of carbonyl (C=O) groups is 1. The van der Waals surface area contributed by atoms with Crippen LogP contribution >= 0.6 is 0 Å². The van der Waals surface area contributed by atoms with E-state index in [-0.39, 0.29) is 12.5 Å². The third-order valence-corrected chi connectivity index (χ3v) is 2.94. The van der Waals surface area contributed by atoms with Gasteiger partial charge in [0.2, 0.25) is 0 Å². The van der Waals surface area contributed by atoms with Gasteiger partial charge < -0.3 is 9.47 Å². The van der Waals surface area contributed by atoms with E-state index in [4.69, 9.17) is 9.47 Å². The lowest BCUT2D eigenvalue weighted by atomic mass is 10.2. The quantitative estimate of drug-likeness (QED) is 0.629. The first kappa shape index (κ1) is 16.5. The van der Waals surface area contributed by atoms with Gasteiger partial charge in [0.05, 0.1) is 12.3 Å². The monoisotopic (exact) mass is 313 g/mol. The van der Waals surface area contributed by atoms with Gasteiger partial charge in [0.1, 0.15) is 0 Å². The fourth-order valence-electron chi connectivity index (χ4n) is 1.81. The Labute approximate surface area is 135 Å². The third-order valence-electron chi connectivity index (χ3n) is 2.94. The first-order valence-electron chi connectivity index (χ1n) is 7.29. The molecule has 0 aliphatic carbocycles. The summed E-state index contributed by atoms with van der Waals surface area (Å²) in [7, 11) is 0. The molecule has 1 aromatic carbocycles. The summed E-state index contributed by atoms with van der Waals surface area (Å²) < 4.78 is 10.9. The van der Waals surface area contributed by atoms with E-state index < -0.39 is 0 Å². The van der Waals surface area contributed by atoms with Gasteiger partial charge >= 0.3 is 0 Å². The number of rotatable bonds is 7. The number of benzene rings is 1. The topological polar surface area (TPSA) is 72.8 Å². The highest BCUT2D eigenvalue weighted by Gasteiger charge is 2.07. The molecule has 0 spiro atoms. The van der Waals surface area contributed by atoms with E-state index in [0.29, 0.717) is 23.8 Å². The summed E-state index contributed by atoms with van der Waals surface area (Å²) in [5.41, 5.74) is 3.97. The number of ether oxygens (including phenoxy) is 2. The van der Waals surface area contributed by atoms with Crippen molar-refractivity contribution in [1.29, 1.82) is 0 Å². The normalized spacial score (nSPS) is 11.0. The van der Waals surface area contributed by atoms with Gasteiger partial charge in [-0.15, -0.1) is 0 Å². The molecule has 6 nitrogen and oxygen atoms in total. The van der Waals surface area contributed by atoms with Gasteiger partial charge in [-0.1, -0.05) is 18.2 Å². The SMILES string of the molecule is CCOc1ccccc1OCC(=O)N/N=C(\C)c1cccnc1. The number of hydrogen-bond acceptors (Lipinski definition) is 5. The first-order chi connectivity index (χ1) is 11.2. The fraction of sp³-hybridized carbons (Fsp3) is 0.235. The Morgan fingerprint density at radius 1 is 1.17 bits per heavy atom. The van der Waals surface area contributed by atoms with Crippen LogP contribution in [-0.4, -0.2) is 29.8 Å². The van der Waals surface area contributed by atoms with Gasteiger partial charge in [-0.3, -0.25) is 9.78 Å². The molecule has 1 N–H and O–H groups in total. The predicted octanol–water partition coefficient (Wildman–Crippen LogP) is 2.40. The van der Waals surface area contributed by atoms with Crippen molar-refractivity contribution < 1.29 is 14.3 Å². The number of hydrogen-bond donors (Lipinski definition) is 1. The minimum Gasteiger partial charge on any atom is -0.490 e. The molecule has 0 aliphatic rings. The minimum absolute atomic E-state index is 0.145. The van der Waals surface area contributed by atoms with E-state index in [0.717, 1.165) is 5.56 Å². The first-order valence-corrected chi connectivity index (χ1v) is 7.29. The molecule has 1 aromatic heterocycles. The standard InChI is InChI=1S/C17H19N3O3/c1-3-22-15-8-4-5-9-16(15)23-12-17(21)20-19-13(2)14-7-6-10-18-11-14/h4-11H,3,12H2,1-2H3,(H,20,21)/b19-13+. The van der Waals surface area contributed by atoms with E-state index in [1.165, 1.54) is 0 Å². The van der Waals surface area contributed by atoms with Crippen molar-refractivity contribution in [3.63, 3.8) is 0 Å². The molecule has 1 amide bonds. The molecular formula is C17H19N3O3. The molecule has 0 radical (unpaired) electrons. The van der Waals surface area contributed by atoms with Gasteiger partial charge in [0, 0.05) is 18.0 Å². The van der Waals surface area contributed by atoms with Crippen LogP contribution in [0.25, 0.3) is 0 Å². The van der Waals surface area contributed by atoms with Crippen LogP contribution in [0, 0.1) is 0 Å². The van der Waals surface area contributed by atoms with Gasteiger partial charge in [0.25, 0.3) is 5.91 Å². The Hall–Kier alpha value is -2.89. The summed E-state index contributed by atoms with van der Waals surface area (Å²) >= 11 is 0. The molecule has 0 saturated carbocycles. The second-order valence-electron chi connectivity index (χ2n) is 4.64. The summed E-state index contributed by atoms with van der Waals surface area (Å²) in [5, 5.41) is 4.03. The summed E-state index contributed by atoms with van der Waals surface area (Å²) in [6.07, 6.45) is 3.36. The van der Waals surface area contributed by atoms with E-state index in [1.54, 1.807) is 31.5 Å². The summed E-state index contributed by atoms with van der Waals surface area (Å²) in [4.78, 5) is 15.8. The molecule has 0 atom stereocenters. The molecule has 0 saturated heterocycles. The summed E-state index contributed by atoms with van der Waals surface area (Å²) in [6.45, 7) is 4.07. The van der Waals surface area contributed by atoms with Gasteiger partial charge in [0.15, 0.2) is 18.1 Å². The highest BCUT2D eigenvalue weighted by Crippen LogP contribution is 2.26. The van der Waals surface area contributed by atoms with Crippen LogP contribution in [0.4, 0.5) is 0 Å². The molecule has 0 aliphatic heterocycles. The smallest absolute Gasteiger partial charge is 0.277 e. The van der Waals surface area contributed by atoms with Gasteiger partial charge in [-0.2, -0.15) is 5.10 Å². The summed E-state index contributed by atoms with van der Waals surface area (Å²) in [6, 6.07) is 10.9. The molecule has 2 aromatic rings. The molecule has 0 bridgehead atoms. The van der Waals surface area contributed by atoms with Crippen molar-refractivity contribution in [2.24, 2.45) is 5.10 Å². The minimum atomic E-state index is -0.348.